The van der Waals surface area contributed by atoms with Gasteiger partial charge in [-0.1, -0.05) is 11.6 Å². The number of pyridine rings is 1. The van der Waals surface area contributed by atoms with E-state index >= 15 is 0 Å². The van der Waals surface area contributed by atoms with Gasteiger partial charge in [0.25, 0.3) is 5.91 Å². The quantitative estimate of drug-likeness (QED) is 0.890. The first-order valence-corrected chi connectivity index (χ1v) is 8.84. The number of hydrogen-bond donors (Lipinski definition) is 1. The fourth-order valence-electron chi connectivity index (χ4n) is 3.57. The fourth-order valence-corrected chi connectivity index (χ4v) is 3.73. The van der Waals surface area contributed by atoms with Crippen molar-refractivity contribution in [1.29, 1.82) is 0 Å². The number of carbonyl (C=O) groups is 2. The average molecular weight is 379 g/mol. The van der Waals surface area contributed by atoms with E-state index in [1.165, 1.54) is 17.2 Å². The Morgan fingerprint density at radius 3 is 2.62 bits per heavy atom. The number of nitrogens with zero attached hydrogens (tertiary/aromatic N) is 2. The van der Waals surface area contributed by atoms with Crippen molar-refractivity contribution in [2.75, 3.05) is 6.54 Å². The molecule has 1 aliphatic carbocycles. The number of fused-ring (bicyclic) bond motifs is 1. The van der Waals surface area contributed by atoms with Crippen molar-refractivity contribution in [3.05, 3.63) is 45.0 Å². The molecular weight excluding hydrogens is 363 g/mol. The van der Waals surface area contributed by atoms with Crippen molar-refractivity contribution < 1.29 is 19.1 Å². The number of halogens is 2. The maximum absolute atomic E-state index is 13.9. The Hall–Kier alpha value is -2.41. The molecule has 0 radical (unpaired) electrons. The topological polar surface area (TPSA) is 79.6 Å². The van der Waals surface area contributed by atoms with E-state index in [2.05, 4.69) is 0 Å². The van der Waals surface area contributed by atoms with Gasteiger partial charge in [-0.3, -0.25) is 9.59 Å². The molecule has 1 saturated heterocycles. The van der Waals surface area contributed by atoms with Crippen LogP contribution in [-0.4, -0.2) is 39.0 Å². The van der Waals surface area contributed by atoms with Gasteiger partial charge in [-0.05, 0) is 37.8 Å². The summed E-state index contributed by atoms with van der Waals surface area (Å²) in [4.78, 5) is 38.3. The molecular formula is C18H16ClFN2O4. The highest BCUT2D eigenvalue weighted by Gasteiger charge is 2.36. The van der Waals surface area contributed by atoms with Gasteiger partial charge >= 0.3 is 5.97 Å². The highest BCUT2D eigenvalue weighted by molar-refractivity contribution is 6.31. The van der Waals surface area contributed by atoms with Crippen LogP contribution in [0.15, 0.2) is 23.1 Å². The lowest BCUT2D eigenvalue weighted by Gasteiger charge is -2.22. The zero-order valence-electron chi connectivity index (χ0n) is 13.7. The van der Waals surface area contributed by atoms with Crippen molar-refractivity contribution in [1.82, 2.24) is 9.47 Å². The third-order valence-electron chi connectivity index (χ3n) is 5.04. The summed E-state index contributed by atoms with van der Waals surface area (Å²) >= 11 is 5.87. The van der Waals surface area contributed by atoms with Crippen LogP contribution in [0.3, 0.4) is 0 Å². The van der Waals surface area contributed by atoms with Crippen molar-refractivity contribution in [2.24, 2.45) is 0 Å². The highest BCUT2D eigenvalue weighted by Crippen LogP contribution is 2.38. The molecule has 0 bridgehead atoms. The van der Waals surface area contributed by atoms with Crippen LogP contribution in [0.5, 0.6) is 0 Å². The van der Waals surface area contributed by atoms with E-state index in [1.807, 2.05) is 0 Å². The highest BCUT2D eigenvalue weighted by atomic mass is 35.5. The number of aromatic nitrogens is 1. The predicted octanol–water partition coefficient (Wildman–Crippen LogP) is 2.82. The SMILES string of the molecule is O=C(O)[C@H]1CCCN1C(=O)c1cn(C2CC2)c2cc(Cl)c(F)cc2c1=O. The molecule has 1 N–H and O–H groups in total. The van der Waals surface area contributed by atoms with E-state index in [0.29, 0.717) is 18.4 Å². The summed E-state index contributed by atoms with van der Waals surface area (Å²) in [6.07, 6.45) is 4.17. The summed E-state index contributed by atoms with van der Waals surface area (Å²) in [7, 11) is 0. The van der Waals surface area contributed by atoms with E-state index in [1.54, 1.807) is 4.57 Å². The van der Waals surface area contributed by atoms with Crippen LogP contribution < -0.4 is 5.43 Å². The number of rotatable bonds is 3. The van der Waals surface area contributed by atoms with Gasteiger partial charge in [-0.15, -0.1) is 0 Å². The number of aliphatic carboxylic acids is 1. The first kappa shape index (κ1) is 17.0. The monoisotopic (exact) mass is 378 g/mol. The Balaban J connectivity index is 1.89. The van der Waals surface area contributed by atoms with E-state index in [0.717, 1.165) is 18.9 Å². The predicted molar refractivity (Wildman–Crippen MR) is 93.1 cm³/mol. The second-order valence-electron chi connectivity index (χ2n) is 6.79. The Labute approximate surface area is 152 Å². The van der Waals surface area contributed by atoms with E-state index < -0.39 is 29.2 Å². The smallest absolute Gasteiger partial charge is 0.326 e. The molecule has 8 heteroatoms. The zero-order chi connectivity index (χ0) is 18.6. The number of amides is 1. The van der Waals surface area contributed by atoms with Gasteiger partial charge in [-0.25, -0.2) is 9.18 Å². The summed E-state index contributed by atoms with van der Waals surface area (Å²) in [6, 6.07) is 1.64. The van der Waals surface area contributed by atoms with Gasteiger partial charge in [0.05, 0.1) is 10.5 Å². The Kier molecular flexibility index (Phi) is 3.99. The minimum atomic E-state index is -1.09. The molecule has 1 aromatic heterocycles. The van der Waals surface area contributed by atoms with E-state index in [9.17, 15) is 23.9 Å². The molecule has 0 unspecified atom stereocenters. The van der Waals surface area contributed by atoms with Crippen LogP contribution in [0.1, 0.15) is 42.1 Å². The van der Waals surface area contributed by atoms with Crippen LogP contribution in [0.2, 0.25) is 5.02 Å². The van der Waals surface area contributed by atoms with Crippen molar-refractivity contribution in [3.8, 4) is 0 Å². The number of hydrogen-bond acceptors (Lipinski definition) is 3. The van der Waals surface area contributed by atoms with Crippen molar-refractivity contribution in [2.45, 2.75) is 37.8 Å². The Morgan fingerprint density at radius 2 is 1.96 bits per heavy atom. The molecule has 2 fully saturated rings. The minimum absolute atomic E-state index is 0.0794. The van der Waals surface area contributed by atoms with Gasteiger partial charge in [-0.2, -0.15) is 0 Å². The lowest BCUT2D eigenvalue weighted by atomic mass is 10.1. The summed E-state index contributed by atoms with van der Waals surface area (Å²) < 4.78 is 15.7. The van der Waals surface area contributed by atoms with Gasteiger partial charge < -0.3 is 14.6 Å². The lowest BCUT2D eigenvalue weighted by Crippen LogP contribution is -2.42. The molecule has 26 heavy (non-hydrogen) atoms. The van der Waals surface area contributed by atoms with Crippen LogP contribution in [0.4, 0.5) is 4.39 Å². The normalized spacial score (nSPS) is 19.9. The molecule has 4 rings (SSSR count). The molecule has 1 aliphatic heterocycles. The van der Waals surface area contributed by atoms with Crippen LogP contribution in [0.25, 0.3) is 10.9 Å². The van der Waals surface area contributed by atoms with Crippen LogP contribution in [-0.2, 0) is 4.79 Å². The van der Waals surface area contributed by atoms with Gasteiger partial charge in [0.1, 0.15) is 17.4 Å². The molecule has 6 nitrogen and oxygen atoms in total. The summed E-state index contributed by atoms with van der Waals surface area (Å²) in [6.45, 7) is 0.283. The molecule has 1 saturated carbocycles. The third kappa shape index (κ3) is 2.67. The van der Waals surface area contributed by atoms with Gasteiger partial charge in [0, 0.05) is 24.2 Å². The molecule has 0 spiro atoms. The van der Waals surface area contributed by atoms with Crippen LogP contribution >= 0.6 is 11.6 Å². The van der Waals surface area contributed by atoms with Gasteiger partial charge in [0.15, 0.2) is 0 Å². The first-order valence-electron chi connectivity index (χ1n) is 8.46. The van der Waals surface area contributed by atoms with E-state index in [4.69, 9.17) is 11.6 Å². The molecule has 2 aromatic rings. The molecule has 2 aliphatic rings. The molecule has 2 heterocycles. The van der Waals surface area contributed by atoms with Crippen LogP contribution in [0, 0.1) is 5.82 Å². The minimum Gasteiger partial charge on any atom is -0.480 e. The molecule has 1 aromatic carbocycles. The standard InChI is InChI=1S/C18H16ClFN2O4/c19-12-7-15-10(6-13(12)20)16(23)11(8-22(15)9-3-4-9)17(24)21-5-1-2-14(21)18(25)26/h6-9,14H,1-5H2,(H,25,26)/t14-/m1/s1. The van der Waals surface area contributed by atoms with Gasteiger partial charge in [0.2, 0.25) is 5.43 Å². The van der Waals surface area contributed by atoms with E-state index in [-0.39, 0.29) is 28.6 Å². The Bertz CT molecular complexity index is 999. The number of carbonyl (C=O) groups excluding carboxylic acids is 1. The second kappa shape index (κ2) is 6.09. The first-order chi connectivity index (χ1) is 12.4. The number of carboxylic acid groups (broad SMARTS) is 1. The lowest BCUT2D eigenvalue weighted by molar-refractivity contribution is -0.141. The zero-order valence-corrected chi connectivity index (χ0v) is 14.5. The summed E-state index contributed by atoms with van der Waals surface area (Å²) in [5.41, 5.74) is -0.246. The Morgan fingerprint density at radius 1 is 1.23 bits per heavy atom. The number of likely N-dealkylation sites (tertiary alicyclic amines) is 1. The van der Waals surface area contributed by atoms with Crippen molar-refractivity contribution >= 4 is 34.4 Å². The second-order valence-corrected chi connectivity index (χ2v) is 7.20. The van der Waals surface area contributed by atoms with Crippen molar-refractivity contribution in [3.63, 3.8) is 0 Å². The number of benzene rings is 1. The summed E-state index contributed by atoms with van der Waals surface area (Å²) in [5.74, 6) is -2.43. The fraction of sp³-hybridized carbons (Fsp3) is 0.389. The number of carboxylic acids is 1. The molecule has 136 valence electrons. The molecule has 1 atom stereocenters. The maximum Gasteiger partial charge on any atom is 0.326 e. The summed E-state index contributed by atoms with van der Waals surface area (Å²) in [5, 5.41) is 9.29. The largest absolute Gasteiger partial charge is 0.480 e. The third-order valence-corrected chi connectivity index (χ3v) is 5.33. The average Bonchev–Trinajstić information content (AvgIpc) is 3.31. The maximum atomic E-state index is 13.9. The molecule has 1 amide bonds.